The Morgan fingerprint density at radius 1 is 1.08 bits per heavy atom. The normalized spacial score (nSPS) is 20.6. The Kier molecular flexibility index (Phi) is 6.57. The van der Waals surface area contributed by atoms with E-state index in [1.165, 1.54) is 0 Å². The number of benzene rings is 1. The van der Waals surface area contributed by atoms with Crippen LogP contribution < -0.4 is 4.74 Å². The van der Waals surface area contributed by atoms with Gasteiger partial charge < -0.3 is 14.5 Å². The first-order valence-corrected chi connectivity index (χ1v) is 9.67. The van der Waals surface area contributed by atoms with Crippen molar-refractivity contribution in [1.29, 1.82) is 0 Å². The van der Waals surface area contributed by atoms with Crippen molar-refractivity contribution in [2.45, 2.75) is 25.9 Å². The Morgan fingerprint density at radius 2 is 1.72 bits per heavy atom. The van der Waals surface area contributed by atoms with E-state index in [2.05, 4.69) is 16.7 Å². The van der Waals surface area contributed by atoms with Gasteiger partial charge in [0.25, 0.3) is 0 Å². The number of ether oxygens (including phenoxy) is 1. The molecule has 0 spiro atoms. The molecule has 3 rings (SSSR count). The molecule has 0 N–H and O–H groups in total. The number of amides is 1. The molecule has 2 aliphatic heterocycles. The molecule has 2 fully saturated rings. The fourth-order valence-corrected chi connectivity index (χ4v) is 3.68. The molecule has 5 nitrogen and oxygen atoms in total. The number of para-hydroxylation sites is 1. The number of rotatable bonds is 5. The van der Waals surface area contributed by atoms with Gasteiger partial charge >= 0.3 is 0 Å². The first-order valence-electron chi connectivity index (χ1n) is 9.29. The Hall–Kier alpha value is -1.30. The summed E-state index contributed by atoms with van der Waals surface area (Å²) in [6.07, 6.45) is 1.86. The maximum atomic E-state index is 12.5. The lowest BCUT2D eigenvalue weighted by molar-refractivity contribution is -0.134. The Morgan fingerprint density at radius 3 is 2.36 bits per heavy atom. The van der Waals surface area contributed by atoms with Crippen LogP contribution in [0.5, 0.6) is 5.75 Å². The van der Waals surface area contributed by atoms with Crippen LogP contribution in [0.4, 0.5) is 0 Å². The minimum Gasteiger partial charge on any atom is -0.489 e. The summed E-state index contributed by atoms with van der Waals surface area (Å²) >= 11 is 6.15. The van der Waals surface area contributed by atoms with E-state index in [-0.39, 0.29) is 12.0 Å². The van der Waals surface area contributed by atoms with Crippen molar-refractivity contribution in [2.75, 3.05) is 52.4 Å². The first kappa shape index (κ1) is 18.5. The monoisotopic (exact) mass is 365 g/mol. The molecular formula is C19H28ClN3O2. The third-order valence-corrected chi connectivity index (χ3v) is 5.51. The van der Waals surface area contributed by atoms with Gasteiger partial charge in [0.1, 0.15) is 11.9 Å². The predicted octanol–water partition coefficient (Wildman–Crippen LogP) is 2.35. The van der Waals surface area contributed by atoms with Gasteiger partial charge in [0, 0.05) is 52.1 Å². The molecule has 0 bridgehead atoms. The van der Waals surface area contributed by atoms with Crippen molar-refractivity contribution in [1.82, 2.24) is 14.7 Å². The predicted molar refractivity (Wildman–Crippen MR) is 100 cm³/mol. The minimum atomic E-state index is 0.136. The first-order chi connectivity index (χ1) is 12.2. The Balaban J connectivity index is 1.41. The number of halogens is 1. The van der Waals surface area contributed by atoms with Gasteiger partial charge in [-0.05, 0) is 18.7 Å². The van der Waals surface area contributed by atoms with E-state index in [1.807, 2.05) is 29.2 Å². The standard InChI is InChI=1S/C19H28ClN3O2/c1-2-21-11-13-22(14-12-21)15-19(24)23-9-7-16(8-10-23)25-18-6-4-3-5-17(18)20/h3-6,16H,2,7-15H2,1H3. The third kappa shape index (κ3) is 5.09. The number of likely N-dealkylation sites (tertiary alicyclic amines) is 1. The highest BCUT2D eigenvalue weighted by atomic mass is 35.5. The van der Waals surface area contributed by atoms with Gasteiger partial charge in [0.2, 0.25) is 5.91 Å². The fraction of sp³-hybridized carbons (Fsp3) is 0.632. The topological polar surface area (TPSA) is 36.0 Å². The minimum absolute atomic E-state index is 0.136. The molecule has 0 atom stereocenters. The lowest BCUT2D eigenvalue weighted by Gasteiger charge is -2.36. The maximum absolute atomic E-state index is 12.5. The van der Waals surface area contributed by atoms with Crippen LogP contribution in [0.3, 0.4) is 0 Å². The number of piperidine rings is 1. The second-order valence-corrected chi connectivity index (χ2v) is 7.25. The fourth-order valence-electron chi connectivity index (χ4n) is 3.50. The largest absolute Gasteiger partial charge is 0.489 e. The van der Waals surface area contributed by atoms with E-state index in [0.717, 1.165) is 64.4 Å². The van der Waals surface area contributed by atoms with Crippen LogP contribution in [0, 0.1) is 0 Å². The van der Waals surface area contributed by atoms with Gasteiger partial charge in [-0.1, -0.05) is 30.7 Å². The molecule has 138 valence electrons. The molecule has 0 saturated carbocycles. The van der Waals surface area contributed by atoms with E-state index < -0.39 is 0 Å². The molecule has 1 aromatic rings. The van der Waals surface area contributed by atoms with E-state index in [9.17, 15) is 4.79 Å². The highest BCUT2D eigenvalue weighted by Gasteiger charge is 2.26. The summed E-state index contributed by atoms with van der Waals surface area (Å²) in [7, 11) is 0. The Labute approximate surface area is 155 Å². The van der Waals surface area contributed by atoms with Crippen molar-refractivity contribution >= 4 is 17.5 Å². The van der Waals surface area contributed by atoms with Crippen LogP contribution in [0.25, 0.3) is 0 Å². The lowest BCUT2D eigenvalue weighted by atomic mass is 10.1. The average Bonchev–Trinajstić information content (AvgIpc) is 2.65. The van der Waals surface area contributed by atoms with E-state index in [4.69, 9.17) is 16.3 Å². The summed E-state index contributed by atoms with van der Waals surface area (Å²) in [6.45, 7) is 9.49. The van der Waals surface area contributed by atoms with Gasteiger partial charge in [0.05, 0.1) is 11.6 Å². The van der Waals surface area contributed by atoms with E-state index in [1.54, 1.807) is 0 Å². The zero-order chi connectivity index (χ0) is 17.6. The molecule has 2 saturated heterocycles. The highest BCUT2D eigenvalue weighted by Crippen LogP contribution is 2.26. The van der Waals surface area contributed by atoms with Gasteiger partial charge in [-0.15, -0.1) is 0 Å². The molecule has 0 aromatic heterocycles. The zero-order valence-electron chi connectivity index (χ0n) is 15.0. The average molecular weight is 366 g/mol. The number of hydrogen-bond acceptors (Lipinski definition) is 4. The van der Waals surface area contributed by atoms with E-state index >= 15 is 0 Å². The summed E-state index contributed by atoms with van der Waals surface area (Å²) in [5, 5.41) is 0.646. The number of hydrogen-bond donors (Lipinski definition) is 0. The van der Waals surface area contributed by atoms with Crippen LogP contribution in [0.15, 0.2) is 24.3 Å². The summed E-state index contributed by atoms with van der Waals surface area (Å²) in [4.78, 5) is 19.2. The van der Waals surface area contributed by atoms with Gasteiger partial charge in [-0.2, -0.15) is 0 Å². The molecule has 0 aliphatic carbocycles. The van der Waals surface area contributed by atoms with Crippen LogP contribution in [-0.2, 0) is 4.79 Å². The van der Waals surface area contributed by atoms with Crippen molar-refractivity contribution in [3.8, 4) is 5.75 Å². The van der Waals surface area contributed by atoms with Crippen molar-refractivity contribution in [3.05, 3.63) is 29.3 Å². The molecule has 0 radical (unpaired) electrons. The number of nitrogens with zero attached hydrogens (tertiary/aromatic N) is 3. The number of carbonyl (C=O) groups excluding carboxylic acids is 1. The zero-order valence-corrected chi connectivity index (χ0v) is 15.7. The third-order valence-electron chi connectivity index (χ3n) is 5.20. The van der Waals surface area contributed by atoms with Crippen LogP contribution >= 0.6 is 11.6 Å². The second kappa shape index (κ2) is 8.88. The molecule has 2 aliphatic rings. The second-order valence-electron chi connectivity index (χ2n) is 6.84. The molecular weight excluding hydrogens is 338 g/mol. The number of likely N-dealkylation sites (N-methyl/N-ethyl adjacent to an activating group) is 1. The highest BCUT2D eigenvalue weighted by molar-refractivity contribution is 6.32. The summed E-state index contributed by atoms with van der Waals surface area (Å²) in [6, 6.07) is 7.57. The molecule has 2 heterocycles. The van der Waals surface area contributed by atoms with Crippen LogP contribution in [0.2, 0.25) is 5.02 Å². The van der Waals surface area contributed by atoms with Gasteiger partial charge in [0.15, 0.2) is 0 Å². The number of carbonyl (C=O) groups is 1. The SMILES string of the molecule is CCN1CCN(CC(=O)N2CCC(Oc3ccccc3Cl)CC2)CC1. The molecule has 1 aromatic carbocycles. The van der Waals surface area contributed by atoms with Gasteiger partial charge in [-0.3, -0.25) is 9.69 Å². The molecule has 25 heavy (non-hydrogen) atoms. The Bertz CT molecular complexity index is 568. The van der Waals surface area contributed by atoms with Crippen LogP contribution in [0.1, 0.15) is 19.8 Å². The van der Waals surface area contributed by atoms with Crippen LogP contribution in [-0.4, -0.2) is 79.1 Å². The number of piperazine rings is 1. The van der Waals surface area contributed by atoms with E-state index in [0.29, 0.717) is 11.6 Å². The smallest absolute Gasteiger partial charge is 0.236 e. The quantitative estimate of drug-likeness (QED) is 0.802. The van der Waals surface area contributed by atoms with Crippen molar-refractivity contribution < 1.29 is 9.53 Å². The summed E-state index contributed by atoms with van der Waals surface area (Å²) in [5.74, 6) is 0.990. The molecule has 6 heteroatoms. The lowest BCUT2D eigenvalue weighted by Crippen LogP contribution is -2.51. The summed E-state index contributed by atoms with van der Waals surface area (Å²) < 4.78 is 6.00. The van der Waals surface area contributed by atoms with Crippen molar-refractivity contribution in [2.24, 2.45) is 0 Å². The molecule has 0 unspecified atom stereocenters. The van der Waals surface area contributed by atoms with Crippen molar-refractivity contribution in [3.63, 3.8) is 0 Å². The van der Waals surface area contributed by atoms with Gasteiger partial charge in [-0.25, -0.2) is 0 Å². The molecule has 1 amide bonds. The maximum Gasteiger partial charge on any atom is 0.236 e. The summed E-state index contributed by atoms with van der Waals surface area (Å²) in [5.41, 5.74) is 0.